The Morgan fingerprint density at radius 3 is 2.62 bits per heavy atom. The van der Waals surface area contributed by atoms with Gasteiger partial charge >= 0.3 is 0 Å². The smallest absolute Gasteiger partial charge is 0.0412 e. The molecule has 90 valence electrons. The summed E-state index contributed by atoms with van der Waals surface area (Å²) in [6.45, 7) is 9.76. The van der Waals surface area contributed by atoms with Crippen molar-refractivity contribution in [3.8, 4) is 0 Å². The largest absolute Gasteiger partial charge is 0.308 e. The average molecular weight is 302 g/mol. The monoisotopic (exact) mass is 301 g/mol. The van der Waals surface area contributed by atoms with E-state index in [1.54, 1.807) is 11.3 Å². The molecule has 0 amide bonds. The third-order valence-electron chi connectivity index (χ3n) is 2.28. The van der Waals surface area contributed by atoms with Gasteiger partial charge in [-0.05, 0) is 60.6 Å². The van der Waals surface area contributed by atoms with Crippen LogP contribution in [0.15, 0.2) is 21.5 Å². The van der Waals surface area contributed by atoms with Crippen LogP contribution in [0.5, 0.6) is 0 Å². The van der Waals surface area contributed by atoms with Crippen LogP contribution < -0.4 is 5.32 Å². The fourth-order valence-electron chi connectivity index (χ4n) is 1.25. The van der Waals surface area contributed by atoms with Crippen LogP contribution in [0.1, 0.15) is 39.0 Å². The molecule has 0 radical (unpaired) electrons. The second-order valence-electron chi connectivity index (χ2n) is 4.89. The van der Waals surface area contributed by atoms with Gasteiger partial charge in [-0.3, -0.25) is 0 Å². The van der Waals surface area contributed by atoms with Gasteiger partial charge in [0.1, 0.15) is 0 Å². The Labute approximate surface area is 111 Å². The summed E-state index contributed by atoms with van der Waals surface area (Å²) >= 11 is 5.34. The van der Waals surface area contributed by atoms with E-state index in [2.05, 4.69) is 66.5 Å². The maximum atomic E-state index is 3.56. The first kappa shape index (κ1) is 13.9. The summed E-state index contributed by atoms with van der Waals surface area (Å²) in [5, 5.41) is 5.64. The zero-order valence-electron chi connectivity index (χ0n) is 10.4. The summed E-state index contributed by atoms with van der Waals surface area (Å²) in [5.74, 6) is 0. The van der Waals surface area contributed by atoms with Crippen molar-refractivity contribution in [2.45, 2.75) is 39.7 Å². The Bertz CT molecular complexity index is 360. The maximum Gasteiger partial charge on any atom is 0.0412 e. The Balaban J connectivity index is 2.68. The van der Waals surface area contributed by atoms with Crippen LogP contribution in [0.25, 0.3) is 6.08 Å². The lowest BCUT2D eigenvalue weighted by Crippen LogP contribution is -2.36. The van der Waals surface area contributed by atoms with Crippen molar-refractivity contribution < 1.29 is 0 Å². The highest BCUT2D eigenvalue weighted by Crippen LogP contribution is 2.25. The molecule has 1 N–H and O–H groups in total. The van der Waals surface area contributed by atoms with E-state index in [0.717, 1.165) is 13.0 Å². The summed E-state index contributed by atoms with van der Waals surface area (Å²) in [6, 6.07) is 2.10. The predicted octanol–water partition coefficient (Wildman–Crippen LogP) is 4.69. The van der Waals surface area contributed by atoms with Crippen molar-refractivity contribution in [3.05, 3.63) is 26.4 Å². The summed E-state index contributed by atoms with van der Waals surface area (Å²) < 4.78 is 1.19. The summed E-state index contributed by atoms with van der Waals surface area (Å²) in [6.07, 6.45) is 3.38. The molecule has 0 atom stereocenters. The van der Waals surface area contributed by atoms with E-state index in [1.165, 1.54) is 14.9 Å². The van der Waals surface area contributed by atoms with Crippen LogP contribution in [0.3, 0.4) is 0 Å². The number of rotatable bonds is 4. The minimum Gasteiger partial charge on any atom is -0.308 e. The number of thiophene rings is 1. The van der Waals surface area contributed by atoms with Gasteiger partial charge in [-0.2, -0.15) is 0 Å². The van der Waals surface area contributed by atoms with Gasteiger partial charge in [0.25, 0.3) is 0 Å². The standard InChI is InChI=1S/C13H20BrNS/c1-5-10(9-15-13(2,3)4)8-12-11(14)6-7-16-12/h6-8,15H,5,9H2,1-4H3/b10-8-. The fourth-order valence-corrected chi connectivity index (χ4v) is 2.72. The van der Waals surface area contributed by atoms with Gasteiger partial charge in [0.15, 0.2) is 0 Å². The lowest BCUT2D eigenvalue weighted by molar-refractivity contribution is 0.443. The number of halogens is 1. The Morgan fingerprint density at radius 1 is 1.50 bits per heavy atom. The van der Waals surface area contributed by atoms with E-state index in [-0.39, 0.29) is 5.54 Å². The molecular weight excluding hydrogens is 282 g/mol. The Hall–Kier alpha value is -0.120. The van der Waals surface area contributed by atoms with Crippen LogP contribution in [0, 0.1) is 0 Å². The van der Waals surface area contributed by atoms with Crippen LogP contribution in [-0.4, -0.2) is 12.1 Å². The number of nitrogens with one attached hydrogen (secondary N) is 1. The average Bonchev–Trinajstić information content (AvgIpc) is 2.57. The molecule has 0 aliphatic rings. The molecule has 1 aromatic rings. The highest BCUT2D eigenvalue weighted by Gasteiger charge is 2.09. The Kier molecular flexibility index (Phi) is 5.22. The molecule has 0 fully saturated rings. The lowest BCUT2D eigenvalue weighted by Gasteiger charge is -2.21. The van der Waals surface area contributed by atoms with E-state index in [9.17, 15) is 0 Å². The van der Waals surface area contributed by atoms with Gasteiger partial charge < -0.3 is 5.32 Å². The first-order valence-corrected chi connectivity index (χ1v) is 7.27. The number of hydrogen-bond acceptors (Lipinski definition) is 2. The van der Waals surface area contributed by atoms with Crippen molar-refractivity contribution in [2.24, 2.45) is 0 Å². The van der Waals surface area contributed by atoms with E-state index >= 15 is 0 Å². The molecule has 0 spiro atoms. The SMILES string of the molecule is CC/C(=C/c1sccc1Br)CNC(C)(C)C. The molecule has 0 saturated heterocycles. The van der Waals surface area contributed by atoms with Crippen LogP contribution >= 0.6 is 27.3 Å². The molecule has 0 aliphatic carbocycles. The minimum absolute atomic E-state index is 0.181. The molecule has 3 heteroatoms. The summed E-state index contributed by atoms with van der Waals surface area (Å²) in [7, 11) is 0. The topological polar surface area (TPSA) is 12.0 Å². The maximum absolute atomic E-state index is 3.56. The number of hydrogen-bond donors (Lipinski definition) is 1. The van der Waals surface area contributed by atoms with Gasteiger partial charge in [0.05, 0.1) is 0 Å². The van der Waals surface area contributed by atoms with Crippen molar-refractivity contribution in [1.29, 1.82) is 0 Å². The quantitative estimate of drug-likeness (QED) is 0.850. The molecule has 0 saturated carbocycles. The van der Waals surface area contributed by atoms with Crippen molar-refractivity contribution in [3.63, 3.8) is 0 Å². The second-order valence-corrected chi connectivity index (χ2v) is 6.69. The third kappa shape index (κ3) is 4.81. The van der Waals surface area contributed by atoms with Gasteiger partial charge in [0.2, 0.25) is 0 Å². The van der Waals surface area contributed by atoms with Crippen molar-refractivity contribution in [2.75, 3.05) is 6.54 Å². The third-order valence-corrected chi connectivity index (χ3v) is 4.10. The molecule has 1 aromatic heterocycles. The summed E-state index contributed by atoms with van der Waals surface area (Å²) in [5.41, 5.74) is 1.62. The molecule has 1 heterocycles. The van der Waals surface area contributed by atoms with Crippen LogP contribution in [0.2, 0.25) is 0 Å². The minimum atomic E-state index is 0.181. The normalized spacial score (nSPS) is 13.2. The van der Waals surface area contributed by atoms with Gasteiger partial charge in [-0.25, -0.2) is 0 Å². The van der Waals surface area contributed by atoms with Crippen LogP contribution in [0.4, 0.5) is 0 Å². The molecule has 1 nitrogen and oxygen atoms in total. The van der Waals surface area contributed by atoms with Gasteiger partial charge in [-0.15, -0.1) is 11.3 Å². The van der Waals surface area contributed by atoms with Gasteiger partial charge in [-0.1, -0.05) is 12.5 Å². The Morgan fingerprint density at radius 2 is 2.19 bits per heavy atom. The highest BCUT2D eigenvalue weighted by atomic mass is 79.9. The zero-order valence-corrected chi connectivity index (χ0v) is 12.8. The predicted molar refractivity (Wildman–Crippen MR) is 78.0 cm³/mol. The molecule has 16 heavy (non-hydrogen) atoms. The fraction of sp³-hybridized carbons (Fsp3) is 0.538. The van der Waals surface area contributed by atoms with Crippen molar-refractivity contribution >= 4 is 33.3 Å². The molecule has 0 aromatic carbocycles. The molecule has 0 aliphatic heterocycles. The molecular formula is C13H20BrNS. The van der Waals surface area contributed by atoms with Gasteiger partial charge in [0, 0.05) is 21.4 Å². The second kappa shape index (κ2) is 5.99. The highest BCUT2D eigenvalue weighted by molar-refractivity contribution is 9.10. The van der Waals surface area contributed by atoms with Crippen LogP contribution in [-0.2, 0) is 0 Å². The molecule has 1 rings (SSSR count). The first-order valence-electron chi connectivity index (χ1n) is 5.60. The molecule has 0 unspecified atom stereocenters. The lowest BCUT2D eigenvalue weighted by atomic mass is 10.1. The first-order chi connectivity index (χ1) is 7.42. The van der Waals surface area contributed by atoms with E-state index in [4.69, 9.17) is 0 Å². The summed E-state index contributed by atoms with van der Waals surface area (Å²) in [4.78, 5) is 1.31. The molecule has 0 bridgehead atoms. The van der Waals surface area contributed by atoms with E-state index in [0.29, 0.717) is 0 Å². The van der Waals surface area contributed by atoms with Crippen molar-refractivity contribution in [1.82, 2.24) is 5.32 Å². The zero-order chi connectivity index (χ0) is 12.2. The van der Waals surface area contributed by atoms with E-state index < -0.39 is 0 Å². The van der Waals surface area contributed by atoms with E-state index in [1.807, 2.05) is 0 Å².